The van der Waals surface area contributed by atoms with E-state index in [0.29, 0.717) is 5.69 Å². The second kappa shape index (κ2) is 6.66. The van der Waals surface area contributed by atoms with Gasteiger partial charge >= 0.3 is 5.97 Å². The van der Waals surface area contributed by atoms with E-state index in [2.05, 4.69) is 15.3 Å². The Bertz CT molecular complexity index is 703. The van der Waals surface area contributed by atoms with E-state index in [1.807, 2.05) is 19.1 Å². The molecule has 0 fully saturated rings. The van der Waals surface area contributed by atoms with Gasteiger partial charge in [0.15, 0.2) is 17.6 Å². The summed E-state index contributed by atoms with van der Waals surface area (Å²) in [5, 5.41) is 2.70. The molecule has 0 aliphatic rings. The number of rotatable bonds is 4. The van der Waals surface area contributed by atoms with E-state index in [0.717, 1.165) is 5.56 Å². The van der Waals surface area contributed by atoms with E-state index in [1.165, 1.54) is 19.3 Å². The van der Waals surface area contributed by atoms with Gasteiger partial charge in [-0.1, -0.05) is 18.2 Å². The first-order chi connectivity index (χ1) is 10.5. The summed E-state index contributed by atoms with van der Waals surface area (Å²) >= 11 is 0. The van der Waals surface area contributed by atoms with Crippen LogP contribution in [0.5, 0.6) is 0 Å². The highest BCUT2D eigenvalue weighted by Crippen LogP contribution is 2.14. The van der Waals surface area contributed by atoms with E-state index < -0.39 is 18.0 Å². The molecule has 7 nitrogen and oxygen atoms in total. The second-order valence-corrected chi connectivity index (χ2v) is 4.64. The molecular weight excluding hydrogens is 284 g/mol. The number of esters is 1. The molecule has 0 saturated carbocycles. The van der Waals surface area contributed by atoms with Crippen molar-refractivity contribution in [2.75, 3.05) is 11.1 Å². The molecule has 3 N–H and O–H groups in total. The van der Waals surface area contributed by atoms with Gasteiger partial charge in [0.05, 0.1) is 0 Å². The van der Waals surface area contributed by atoms with Gasteiger partial charge in [0.2, 0.25) is 0 Å². The number of anilines is 2. The van der Waals surface area contributed by atoms with Crippen molar-refractivity contribution >= 4 is 23.4 Å². The number of ether oxygens (including phenoxy) is 1. The van der Waals surface area contributed by atoms with E-state index in [-0.39, 0.29) is 11.5 Å². The number of carbonyl (C=O) groups excluding carboxylic acids is 2. The van der Waals surface area contributed by atoms with Crippen LogP contribution < -0.4 is 11.1 Å². The largest absolute Gasteiger partial charge is 0.448 e. The van der Waals surface area contributed by atoms with Crippen molar-refractivity contribution in [2.45, 2.75) is 20.0 Å². The maximum absolute atomic E-state index is 12.1. The van der Waals surface area contributed by atoms with E-state index in [9.17, 15) is 9.59 Å². The molecule has 7 heteroatoms. The van der Waals surface area contributed by atoms with Gasteiger partial charge in [-0.15, -0.1) is 0 Å². The zero-order chi connectivity index (χ0) is 16.1. The first-order valence-corrected chi connectivity index (χ1v) is 6.63. The van der Waals surface area contributed by atoms with Crippen LogP contribution in [0, 0.1) is 6.92 Å². The first kappa shape index (κ1) is 15.4. The normalized spacial score (nSPS) is 11.5. The number of benzene rings is 1. The monoisotopic (exact) mass is 300 g/mol. The molecule has 0 unspecified atom stereocenters. The van der Waals surface area contributed by atoms with Crippen LogP contribution in [0.3, 0.4) is 0 Å². The lowest BCUT2D eigenvalue weighted by molar-refractivity contribution is -0.123. The highest BCUT2D eigenvalue weighted by Gasteiger charge is 2.22. The maximum atomic E-state index is 12.1. The fraction of sp³-hybridized carbons (Fsp3) is 0.200. The van der Waals surface area contributed by atoms with Crippen LogP contribution in [-0.4, -0.2) is 27.9 Å². The van der Waals surface area contributed by atoms with Crippen molar-refractivity contribution in [2.24, 2.45) is 0 Å². The number of aromatic nitrogens is 2. The predicted molar refractivity (Wildman–Crippen MR) is 81.1 cm³/mol. The van der Waals surface area contributed by atoms with Gasteiger partial charge in [-0.25, -0.2) is 14.8 Å². The summed E-state index contributed by atoms with van der Waals surface area (Å²) in [4.78, 5) is 31.5. The first-order valence-electron chi connectivity index (χ1n) is 6.63. The summed E-state index contributed by atoms with van der Waals surface area (Å²) in [7, 11) is 0. The van der Waals surface area contributed by atoms with E-state index in [4.69, 9.17) is 10.5 Å². The Morgan fingerprint density at radius 3 is 2.59 bits per heavy atom. The van der Waals surface area contributed by atoms with E-state index in [1.54, 1.807) is 12.1 Å². The third kappa shape index (κ3) is 3.57. The molecule has 2 aromatic rings. The molecule has 1 atom stereocenters. The summed E-state index contributed by atoms with van der Waals surface area (Å²) in [6.45, 7) is 3.34. The summed E-state index contributed by atoms with van der Waals surface area (Å²) in [6.07, 6.45) is 1.69. The van der Waals surface area contributed by atoms with Gasteiger partial charge in [0.25, 0.3) is 5.91 Å². The lowest BCUT2D eigenvalue weighted by Crippen LogP contribution is -2.30. The van der Waals surface area contributed by atoms with Crippen molar-refractivity contribution < 1.29 is 14.3 Å². The van der Waals surface area contributed by atoms with Crippen molar-refractivity contribution in [3.8, 4) is 0 Å². The van der Waals surface area contributed by atoms with Gasteiger partial charge in [0.1, 0.15) is 0 Å². The minimum Gasteiger partial charge on any atom is -0.448 e. The van der Waals surface area contributed by atoms with Crippen LogP contribution >= 0.6 is 0 Å². The molecule has 0 saturated heterocycles. The molecule has 1 aromatic heterocycles. The fourth-order valence-electron chi connectivity index (χ4n) is 1.72. The molecule has 0 spiro atoms. The zero-order valence-corrected chi connectivity index (χ0v) is 12.2. The number of hydrogen-bond acceptors (Lipinski definition) is 6. The summed E-state index contributed by atoms with van der Waals surface area (Å²) in [5.41, 5.74) is 7.00. The lowest BCUT2D eigenvalue weighted by atomic mass is 10.2. The summed E-state index contributed by atoms with van der Waals surface area (Å²) < 4.78 is 5.06. The molecule has 22 heavy (non-hydrogen) atoms. The Kier molecular flexibility index (Phi) is 4.67. The third-order valence-corrected chi connectivity index (χ3v) is 2.98. The minimum absolute atomic E-state index is 0.0426. The highest BCUT2D eigenvalue weighted by molar-refractivity contribution is 5.98. The van der Waals surface area contributed by atoms with Gasteiger partial charge in [-0.3, -0.25) is 4.79 Å². The molecule has 1 aromatic carbocycles. The fourth-order valence-corrected chi connectivity index (χ4v) is 1.72. The standard InChI is InChI=1S/C15H16N4O3/c1-9-5-3-4-6-11(9)19-14(20)10(2)22-15(21)12-13(16)18-8-7-17-12/h3-8,10H,1-2H3,(H2,16,18)(H,19,20)/t10-/m1/s1. The Hall–Kier alpha value is -2.96. The maximum Gasteiger partial charge on any atom is 0.361 e. The number of aryl methyl sites for hydroxylation is 1. The van der Waals surface area contributed by atoms with Gasteiger partial charge in [0, 0.05) is 18.1 Å². The summed E-state index contributed by atoms with van der Waals surface area (Å²) in [6, 6.07) is 7.31. The van der Waals surface area contributed by atoms with Crippen LogP contribution in [0.4, 0.5) is 11.5 Å². The number of amides is 1. The number of nitrogen functional groups attached to an aromatic ring is 1. The number of para-hydroxylation sites is 1. The molecule has 1 amide bonds. The quantitative estimate of drug-likeness (QED) is 0.830. The molecule has 0 aliphatic carbocycles. The van der Waals surface area contributed by atoms with Crippen LogP contribution in [0.1, 0.15) is 23.0 Å². The number of nitrogens with two attached hydrogens (primary N) is 1. The number of carbonyl (C=O) groups is 2. The van der Waals surface area contributed by atoms with Crippen molar-refractivity contribution in [3.63, 3.8) is 0 Å². The second-order valence-electron chi connectivity index (χ2n) is 4.64. The number of nitrogens with one attached hydrogen (secondary N) is 1. The molecule has 2 rings (SSSR count). The number of hydrogen-bond donors (Lipinski definition) is 2. The number of nitrogens with zero attached hydrogens (tertiary/aromatic N) is 2. The minimum atomic E-state index is -0.992. The smallest absolute Gasteiger partial charge is 0.361 e. The molecule has 1 heterocycles. The Morgan fingerprint density at radius 2 is 1.91 bits per heavy atom. The van der Waals surface area contributed by atoms with E-state index >= 15 is 0 Å². The van der Waals surface area contributed by atoms with Crippen LogP contribution in [0.25, 0.3) is 0 Å². The van der Waals surface area contributed by atoms with Crippen LogP contribution in [0.2, 0.25) is 0 Å². The highest BCUT2D eigenvalue weighted by atomic mass is 16.5. The van der Waals surface area contributed by atoms with Crippen molar-refractivity contribution in [1.82, 2.24) is 9.97 Å². The average molecular weight is 300 g/mol. The molecule has 0 radical (unpaired) electrons. The summed E-state index contributed by atoms with van der Waals surface area (Å²) in [5.74, 6) is -1.28. The lowest BCUT2D eigenvalue weighted by Gasteiger charge is -2.14. The topological polar surface area (TPSA) is 107 Å². The predicted octanol–water partition coefficient (Wildman–Crippen LogP) is 1.55. The third-order valence-electron chi connectivity index (χ3n) is 2.98. The zero-order valence-electron chi connectivity index (χ0n) is 12.2. The Labute approximate surface area is 127 Å². The van der Waals surface area contributed by atoms with Gasteiger partial charge in [-0.2, -0.15) is 0 Å². The molecular formula is C15H16N4O3. The molecule has 0 aliphatic heterocycles. The van der Waals surface area contributed by atoms with Crippen LogP contribution in [0.15, 0.2) is 36.7 Å². The van der Waals surface area contributed by atoms with Crippen molar-refractivity contribution in [3.05, 3.63) is 47.9 Å². The molecule has 114 valence electrons. The van der Waals surface area contributed by atoms with Gasteiger partial charge < -0.3 is 15.8 Å². The Morgan fingerprint density at radius 1 is 1.23 bits per heavy atom. The Balaban J connectivity index is 2.01. The van der Waals surface area contributed by atoms with Crippen molar-refractivity contribution in [1.29, 1.82) is 0 Å². The van der Waals surface area contributed by atoms with Crippen LogP contribution in [-0.2, 0) is 9.53 Å². The van der Waals surface area contributed by atoms with Gasteiger partial charge in [-0.05, 0) is 25.5 Å². The average Bonchev–Trinajstić information content (AvgIpc) is 2.49. The SMILES string of the molecule is Cc1ccccc1NC(=O)[C@@H](C)OC(=O)c1nccnc1N. The molecule has 0 bridgehead atoms.